The second-order valence-corrected chi connectivity index (χ2v) is 9.08. The minimum Gasteiger partial charge on any atom is -0.756 e. The third-order valence-electron chi connectivity index (χ3n) is 4.33. The van der Waals surface area contributed by atoms with Crippen molar-refractivity contribution in [2.75, 3.05) is 13.2 Å². The van der Waals surface area contributed by atoms with Crippen LogP contribution in [0.5, 0.6) is 0 Å². The molecule has 2 saturated heterocycles. The average Bonchev–Trinajstić information content (AvgIpc) is 3.02. The van der Waals surface area contributed by atoms with Crippen molar-refractivity contribution in [3.8, 4) is 0 Å². The van der Waals surface area contributed by atoms with E-state index in [-0.39, 0.29) is 37.9 Å². The fourth-order valence-electron chi connectivity index (χ4n) is 3.11. The highest BCUT2D eigenvalue weighted by Gasteiger charge is 2.47. The first-order valence-corrected chi connectivity index (χ1v) is 10.9. The Morgan fingerprint density at radius 2 is 1.89 bits per heavy atom. The maximum absolute atomic E-state index is 12.3. The zero-order chi connectivity index (χ0) is 21.1. The molecule has 0 amide bonds. The first-order valence-electron chi connectivity index (χ1n) is 9.44. The van der Waals surface area contributed by atoms with Crippen molar-refractivity contribution in [1.82, 2.24) is 0 Å². The lowest BCUT2D eigenvalue weighted by atomic mass is 9.95. The number of rotatable bonds is 10. The number of hydrogen-bond donors (Lipinski definition) is 1. The molecule has 0 aromatic heterocycles. The van der Waals surface area contributed by atoms with Crippen LogP contribution in [0.25, 0.3) is 0 Å². The fourth-order valence-corrected chi connectivity index (χ4v) is 4.08. The van der Waals surface area contributed by atoms with Gasteiger partial charge in [0.05, 0.1) is 31.5 Å². The van der Waals surface area contributed by atoms with Crippen molar-refractivity contribution in [3.63, 3.8) is 0 Å². The molecule has 0 aromatic rings. The van der Waals surface area contributed by atoms with Gasteiger partial charge in [-0.2, -0.15) is 0 Å². The van der Waals surface area contributed by atoms with Gasteiger partial charge in [-0.15, -0.1) is 0 Å². The molecule has 28 heavy (non-hydrogen) atoms. The van der Waals surface area contributed by atoms with Crippen LogP contribution in [-0.4, -0.2) is 77.2 Å². The van der Waals surface area contributed by atoms with Gasteiger partial charge in [0, 0.05) is 12.0 Å². The van der Waals surface area contributed by atoms with Crippen molar-refractivity contribution >= 4 is 23.5 Å². The summed E-state index contributed by atoms with van der Waals surface area (Å²) >= 11 is 0. The second kappa shape index (κ2) is 9.90. The molecule has 0 aromatic carbocycles. The molecule has 2 aliphatic rings. The summed E-state index contributed by atoms with van der Waals surface area (Å²) in [6, 6.07) is -1.32. The van der Waals surface area contributed by atoms with Gasteiger partial charge in [-0.25, -0.2) is 0 Å². The molecule has 2 N–H and O–H groups in total. The van der Waals surface area contributed by atoms with Gasteiger partial charge in [0.15, 0.2) is 5.72 Å². The normalized spacial score (nSPS) is 38.4. The molecule has 9 nitrogen and oxygen atoms in total. The Hall–Kier alpha value is 0.0399. The highest BCUT2D eigenvalue weighted by atomic mass is 31.2. The summed E-state index contributed by atoms with van der Waals surface area (Å²) in [5.41, 5.74) is 4.64. The number of nitrogens with two attached hydrogens (primary N) is 1. The number of phosphoric ester groups is 1. The van der Waals surface area contributed by atoms with E-state index in [9.17, 15) is 9.46 Å². The Morgan fingerprint density at radius 3 is 2.50 bits per heavy atom. The molecule has 2 rings (SSSR count). The molecule has 2 aliphatic heterocycles. The van der Waals surface area contributed by atoms with Gasteiger partial charge in [0.25, 0.3) is 7.82 Å². The van der Waals surface area contributed by atoms with Crippen molar-refractivity contribution in [1.29, 1.82) is 0 Å². The lowest BCUT2D eigenvalue weighted by Crippen LogP contribution is -2.54. The average molecular weight is 416 g/mol. The molecule has 158 valence electrons. The molecule has 2 heterocycles. The van der Waals surface area contributed by atoms with Crippen LogP contribution in [0.15, 0.2) is 0 Å². The second-order valence-electron chi connectivity index (χ2n) is 7.72. The van der Waals surface area contributed by atoms with Crippen molar-refractivity contribution in [3.05, 3.63) is 0 Å². The zero-order valence-electron chi connectivity index (χ0n) is 16.8. The maximum atomic E-state index is 12.3. The SMILES string of the molecule is [B][C@H]1C[C@@H](OC(C)C)[C@@H](COP(=O)([O-])O[C@@H]2C[C@H]([B])O[C@]2(N)COC(C)C)O1. The monoisotopic (exact) mass is 416 g/mol. The standard InChI is InChI=1S/C16H30B2NO8P/c1-9(2)22-8-16(19)13(6-15(18)26-16)27-28(20,21)23-7-12-11(24-10(3)4)5-14(17)25-12/h9-15H,5-8,19H2,1-4H3,(H,20,21)/p-1/t11-,12-,13-,14-,15-,16-/m1/s1. The largest absolute Gasteiger partial charge is 0.756 e. The molecule has 0 aliphatic carbocycles. The highest BCUT2D eigenvalue weighted by Crippen LogP contribution is 2.45. The number of hydrogen-bond acceptors (Lipinski definition) is 9. The molecule has 0 saturated carbocycles. The Morgan fingerprint density at radius 1 is 1.21 bits per heavy atom. The summed E-state index contributed by atoms with van der Waals surface area (Å²) in [6.45, 7) is 7.01. The van der Waals surface area contributed by atoms with E-state index in [1.807, 2.05) is 27.7 Å². The molecule has 12 heteroatoms. The van der Waals surface area contributed by atoms with E-state index >= 15 is 0 Å². The molecule has 1 unspecified atom stereocenters. The van der Waals surface area contributed by atoms with Crippen LogP contribution >= 0.6 is 7.82 Å². The van der Waals surface area contributed by atoms with Crippen LogP contribution in [0.4, 0.5) is 0 Å². The van der Waals surface area contributed by atoms with Gasteiger partial charge in [-0.1, -0.05) is 0 Å². The van der Waals surface area contributed by atoms with Gasteiger partial charge in [-0.3, -0.25) is 10.3 Å². The Balaban J connectivity index is 1.93. The predicted octanol–water partition coefficient (Wildman–Crippen LogP) is -0.0714. The Kier molecular flexibility index (Phi) is 8.59. The van der Waals surface area contributed by atoms with Crippen LogP contribution < -0.4 is 10.6 Å². The Bertz CT molecular complexity index is 557. The molecular weight excluding hydrogens is 387 g/mol. The third kappa shape index (κ3) is 7.07. The van der Waals surface area contributed by atoms with Crippen molar-refractivity contribution in [2.24, 2.45) is 5.73 Å². The summed E-state index contributed by atoms with van der Waals surface area (Å²) in [5, 5.41) is 0. The molecule has 7 atom stereocenters. The van der Waals surface area contributed by atoms with Gasteiger partial charge >= 0.3 is 0 Å². The van der Waals surface area contributed by atoms with Gasteiger partial charge in [0.1, 0.15) is 27.9 Å². The summed E-state index contributed by atoms with van der Waals surface area (Å²) in [6.07, 6.45) is -1.70. The molecule has 4 radical (unpaired) electrons. The van der Waals surface area contributed by atoms with Crippen LogP contribution in [0.3, 0.4) is 0 Å². The van der Waals surface area contributed by atoms with Gasteiger partial charge in [0.2, 0.25) is 0 Å². The van der Waals surface area contributed by atoms with Crippen molar-refractivity contribution in [2.45, 2.75) is 88.8 Å². The van der Waals surface area contributed by atoms with Crippen LogP contribution in [0.2, 0.25) is 0 Å². The van der Waals surface area contributed by atoms with E-state index in [0.29, 0.717) is 6.42 Å². The lowest BCUT2D eigenvalue weighted by molar-refractivity contribution is -0.238. The van der Waals surface area contributed by atoms with Gasteiger partial charge in [-0.05, 0) is 40.5 Å². The summed E-state index contributed by atoms with van der Waals surface area (Å²) < 4.78 is 44.6. The molecule has 2 fully saturated rings. The number of ether oxygens (including phenoxy) is 4. The molecular formula is C16H29B2NO8P-. The minimum atomic E-state index is -4.73. The van der Waals surface area contributed by atoms with E-state index in [4.69, 9.17) is 49.4 Å². The highest BCUT2D eigenvalue weighted by molar-refractivity contribution is 7.45. The van der Waals surface area contributed by atoms with Crippen LogP contribution in [-0.2, 0) is 32.6 Å². The van der Waals surface area contributed by atoms with E-state index in [0.717, 1.165) is 0 Å². The van der Waals surface area contributed by atoms with E-state index in [2.05, 4.69) is 0 Å². The lowest BCUT2D eigenvalue weighted by Gasteiger charge is -2.35. The van der Waals surface area contributed by atoms with E-state index < -0.39 is 37.8 Å². The topological polar surface area (TPSA) is 122 Å². The third-order valence-corrected chi connectivity index (χ3v) is 5.31. The quantitative estimate of drug-likeness (QED) is 0.385. The molecule has 0 bridgehead atoms. The van der Waals surface area contributed by atoms with Gasteiger partial charge < -0.3 is 32.9 Å². The minimum absolute atomic E-state index is 0.0624. The van der Waals surface area contributed by atoms with Crippen LogP contribution in [0.1, 0.15) is 40.5 Å². The molecule has 0 spiro atoms. The smallest absolute Gasteiger partial charge is 0.268 e. The zero-order valence-corrected chi connectivity index (χ0v) is 17.7. The van der Waals surface area contributed by atoms with Crippen LogP contribution in [0, 0.1) is 0 Å². The van der Waals surface area contributed by atoms with Crippen molar-refractivity contribution < 1.29 is 37.5 Å². The summed E-state index contributed by atoms with van der Waals surface area (Å²) in [5.74, 6) is 0. The van der Waals surface area contributed by atoms with E-state index in [1.54, 1.807) is 0 Å². The fraction of sp³-hybridized carbons (Fsp3) is 1.00. The first kappa shape index (κ1) is 24.3. The summed E-state index contributed by atoms with van der Waals surface area (Å²) in [7, 11) is 6.81. The first-order chi connectivity index (χ1) is 12.9. The maximum Gasteiger partial charge on any atom is 0.268 e. The number of phosphoric acid groups is 1. The Labute approximate surface area is 169 Å². The predicted molar refractivity (Wildman–Crippen MR) is 101 cm³/mol. The van der Waals surface area contributed by atoms with E-state index in [1.165, 1.54) is 0 Å². The summed E-state index contributed by atoms with van der Waals surface area (Å²) in [4.78, 5) is 12.3.